The Morgan fingerprint density at radius 2 is 2.05 bits per heavy atom. The van der Waals surface area contributed by atoms with Crippen LogP contribution in [0.3, 0.4) is 0 Å². The van der Waals surface area contributed by atoms with Gasteiger partial charge in [-0.15, -0.1) is 0 Å². The van der Waals surface area contributed by atoms with Crippen molar-refractivity contribution in [1.29, 1.82) is 0 Å². The first-order valence-electron chi connectivity index (χ1n) is 6.45. The maximum Gasteiger partial charge on any atom is 0.201 e. The molecule has 1 fully saturated rings. The second-order valence-electron chi connectivity index (χ2n) is 4.71. The van der Waals surface area contributed by atoms with Crippen molar-refractivity contribution in [3.05, 3.63) is 23.2 Å². The minimum Gasteiger partial charge on any atom is -0.369 e. The molecular formula is C13H17ClN4S. The van der Waals surface area contributed by atoms with Crippen LogP contribution >= 0.6 is 23.4 Å². The Hall–Kier alpha value is -0.910. The van der Waals surface area contributed by atoms with Crippen molar-refractivity contribution in [2.75, 3.05) is 36.9 Å². The largest absolute Gasteiger partial charge is 0.369 e. The summed E-state index contributed by atoms with van der Waals surface area (Å²) in [5.74, 6) is 3.03. The first kappa shape index (κ1) is 13.1. The summed E-state index contributed by atoms with van der Waals surface area (Å²) >= 11 is 8.08. The normalized spacial score (nSPS) is 17.1. The lowest BCUT2D eigenvalue weighted by Crippen LogP contribution is -2.35. The molecule has 1 aliphatic rings. The zero-order chi connectivity index (χ0) is 13.2. The first-order valence-corrected chi connectivity index (χ1v) is 7.99. The van der Waals surface area contributed by atoms with Crippen LogP contribution in [0, 0.1) is 0 Å². The molecule has 2 heterocycles. The highest BCUT2D eigenvalue weighted by Gasteiger charge is 2.13. The van der Waals surface area contributed by atoms with E-state index in [9.17, 15) is 0 Å². The summed E-state index contributed by atoms with van der Waals surface area (Å²) in [5.41, 5.74) is 7.94. The number of nitrogen functional groups attached to an aromatic ring is 1. The van der Waals surface area contributed by atoms with Crippen molar-refractivity contribution >= 4 is 40.3 Å². The number of benzene rings is 1. The lowest BCUT2D eigenvalue weighted by Gasteiger charge is -2.26. The zero-order valence-electron chi connectivity index (χ0n) is 10.7. The molecule has 2 N–H and O–H groups in total. The van der Waals surface area contributed by atoms with E-state index in [1.54, 1.807) is 0 Å². The molecule has 0 bridgehead atoms. The third-order valence-electron chi connectivity index (χ3n) is 3.48. The molecular weight excluding hydrogens is 280 g/mol. The fourth-order valence-corrected chi connectivity index (χ4v) is 3.56. The van der Waals surface area contributed by atoms with Crippen molar-refractivity contribution in [3.8, 4) is 0 Å². The Morgan fingerprint density at radius 1 is 1.26 bits per heavy atom. The molecule has 1 aromatic carbocycles. The number of fused-ring (bicyclic) bond motifs is 1. The van der Waals surface area contributed by atoms with Gasteiger partial charge in [-0.3, -0.25) is 4.90 Å². The van der Waals surface area contributed by atoms with Crippen molar-refractivity contribution in [2.45, 2.75) is 6.54 Å². The highest BCUT2D eigenvalue weighted by Crippen LogP contribution is 2.22. The number of rotatable bonds is 3. The van der Waals surface area contributed by atoms with E-state index < -0.39 is 0 Å². The number of nitrogens with zero attached hydrogens (tertiary/aromatic N) is 3. The molecule has 4 nitrogen and oxygen atoms in total. The molecule has 0 spiro atoms. The van der Waals surface area contributed by atoms with Gasteiger partial charge in [0.05, 0.1) is 11.0 Å². The molecule has 0 aliphatic carbocycles. The number of anilines is 1. The van der Waals surface area contributed by atoms with Crippen molar-refractivity contribution in [2.24, 2.45) is 0 Å². The van der Waals surface area contributed by atoms with E-state index in [-0.39, 0.29) is 0 Å². The zero-order valence-corrected chi connectivity index (χ0v) is 12.3. The second-order valence-corrected chi connectivity index (χ2v) is 6.37. The van der Waals surface area contributed by atoms with Crippen LogP contribution in [0.5, 0.6) is 0 Å². The van der Waals surface area contributed by atoms with E-state index in [0.717, 1.165) is 42.2 Å². The number of nitrogens with two attached hydrogens (primary N) is 1. The summed E-state index contributed by atoms with van der Waals surface area (Å²) < 4.78 is 2.06. The van der Waals surface area contributed by atoms with E-state index in [2.05, 4.69) is 14.5 Å². The predicted octanol–water partition coefficient (Wildman–Crippen LogP) is 2.32. The molecule has 0 radical (unpaired) electrons. The monoisotopic (exact) mass is 296 g/mol. The van der Waals surface area contributed by atoms with Gasteiger partial charge in [-0.2, -0.15) is 11.8 Å². The van der Waals surface area contributed by atoms with Crippen molar-refractivity contribution < 1.29 is 0 Å². The Kier molecular flexibility index (Phi) is 3.86. The predicted molar refractivity (Wildman–Crippen MR) is 82.9 cm³/mol. The number of hydrogen-bond donors (Lipinski definition) is 1. The summed E-state index contributed by atoms with van der Waals surface area (Å²) in [6, 6.07) is 5.71. The van der Waals surface area contributed by atoms with Gasteiger partial charge in [0.25, 0.3) is 0 Å². The van der Waals surface area contributed by atoms with Crippen LogP contribution in [0.1, 0.15) is 0 Å². The Morgan fingerprint density at radius 3 is 2.84 bits per heavy atom. The molecule has 0 unspecified atom stereocenters. The molecule has 1 aromatic heterocycles. The Bertz CT molecular complexity index is 577. The molecule has 0 atom stereocenters. The molecule has 19 heavy (non-hydrogen) atoms. The standard InChI is InChI=1S/C13H17ClN4S/c14-10-1-2-11-12(9-10)18(13(15)16-11)4-3-17-5-7-19-8-6-17/h1-2,9H,3-8H2,(H2,15,16). The maximum atomic E-state index is 6.05. The van der Waals surface area contributed by atoms with Crippen LogP contribution in [0.15, 0.2) is 18.2 Å². The van der Waals surface area contributed by atoms with Gasteiger partial charge in [-0.25, -0.2) is 4.98 Å². The minimum atomic E-state index is 0.573. The van der Waals surface area contributed by atoms with Crippen molar-refractivity contribution in [3.63, 3.8) is 0 Å². The van der Waals surface area contributed by atoms with Gasteiger partial charge in [0.1, 0.15) is 0 Å². The SMILES string of the molecule is Nc1nc2ccc(Cl)cc2n1CCN1CCSCC1. The number of aromatic nitrogens is 2. The number of halogens is 1. The molecule has 102 valence electrons. The Labute approximate surface area is 121 Å². The van der Waals surface area contributed by atoms with Crippen LogP contribution in [-0.4, -0.2) is 45.6 Å². The van der Waals surface area contributed by atoms with Crippen LogP contribution in [0.4, 0.5) is 5.95 Å². The third kappa shape index (κ3) is 2.83. The summed E-state index contributed by atoms with van der Waals surface area (Å²) in [4.78, 5) is 6.86. The van der Waals surface area contributed by atoms with Crippen LogP contribution in [0.2, 0.25) is 5.02 Å². The first-order chi connectivity index (χ1) is 9.24. The van der Waals surface area contributed by atoms with Gasteiger partial charge in [-0.05, 0) is 18.2 Å². The number of imidazole rings is 1. The molecule has 0 amide bonds. The van der Waals surface area contributed by atoms with Gasteiger partial charge in [0.2, 0.25) is 5.95 Å². The lowest BCUT2D eigenvalue weighted by atomic mass is 10.3. The molecule has 0 saturated carbocycles. The van der Waals surface area contributed by atoms with Crippen molar-refractivity contribution in [1.82, 2.24) is 14.5 Å². The van der Waals surface area contributed by atoms with Gasteiger partial charge < -0.3 is 10.3 Å². The lowest BCUT2D eigenvalue weighted by molar-refractivity contribution is 0.291. The van der Waals surface area contributed by atoms with Gasteiger partial charge in [-0.1, -0.05) is 11.6 Å². The van der Waals surface area contributed by atoms with E-state index in [0.29, 0.717) is 5.95 Å². The number of thioether (sulfide) groups is 1. The van der Waals surface area contributed by atoms with Gasteiger partial charge in [0.15, 0.2) is 0 Å². The molecule has 3 rings (SSSR count). The minimum absolute atomic E-state index is 0.573. The van der Waals surface area contributed by atoms with E-state index in [4.69, 9.17) is 17.3 Å². The topological polar surface area (TPSA) is 47.1 Å². The molecule has 1 saturated heterocycles. The van der Waals surface area contributed by atoms with Crippen LogP contribution in [-0.2, 0) is 6.54 Å². The Balaban J connectivity index is 1.79. The second kappa shape index (κ2) is 5.61. The summed E-state index contributed by atoms with van der Waals surface area (Å²) in [6.07, 6.45) is 0. The van der Waals surface area contributed by atoms with Crippen LogP contribution < -0.4 is 5.73 Å². The molecule has 2 aromatic rings. The summed E-state index contributed by atoms with van der Waals surface area (Å²) in [7, 11) is 0. The highest BCUT2D eigenvalue weighted by atomic mass is 35.5. The summed E-state index contributed by atoms with van der Waals surface area (Å²) in [6.45, 7) is 4.21. The third-order valence-corrected chi connectivity index (χ3v) is 4.66. The quantitative estimate of drug-likeness (QED) is 0.944. The average Bonchev–Trinajstić information content (AvgIpc) is 2.73. The van der Waals surface area contributed by atoms with E-state index >= 15 is 0 Å². The smallest absolute Gasteiger partial charge is 0.201 e. The van der Waals surface area contributed by atoms with E-state index in [1.807, 2.05) is 30.0 Å². The van der Waals surface area contributed by atoms with E-state index in [1.165, 1.54) is 11.5 Å². The number of hydrogen-bond acceptors (Lipinski definition) is 4. The maximum absolute atomic E-state index is 6.05. The van der Waals surface area contributed by atoms with Gasteiger partial charge in [0, 0.05) is 42.7 Å². The summed E-state index contributed by atoms with van der Waals surface area (Å²) in [5, 5.41) is 0.725. The fourth-order valence-electron chi connectivity index (χ4n) is 2.42. The highest BCUT2D eigenvalue weighted by molar-refractivity contribution is 7.99. The molecule has 1 aliphatic heterocycles. The fraction of sp³-hybridized carbons (Fsp3) is 0.462. The molecule has 6 heteroatoms. The van der Waals surface area contributed by atoms with Gasteiger partial charge >= 0.3 is 0 Å². The average molecular weight is 297 g/mol. The van der Waals surface area contributed by atoms with Crippen LogP contribution in [0.25, 0.3) is 11.0 Å².